The molecule has 0 bridgehead atoms. The van der Waals surface area contributed by atoms with Crippen LogP contribution in [0.1, 0.15) is 36.5 Å². The number of amides is 1. The number of aryl methyl sites for hydroxylation is 1. The van der Waals surface area contributed by atoms with Gasteiger partial charge in [0.05, 0.1) is 22.2 Å². The summed E-state index contributed by atoms with van der Waals surface area (Å²) >= 11 is 0. The number of hydrogen-bond donors (Lipinski definition) is 2. The molecular formula is C22H19F2N7O. The van der Waals surface area contributed by atoms with Crippen molar-refractivity contribution in [1.82, 2.24) is 24.6 Å². The first kappa shape index (κ1) is 20.0. The van der Waals surface area contributed by atoms with Crippen LogP contribution in [0, 0.1) is 18.6 Å². The zero-order valence-electron chi connectivity index (χ0n) is 17.6. The number of anilines is 2. The van der Waals surface area contributed by atoms with Crippen molar-refractivity contribution in [1.29, 1.82) is 0 Å². The van der Waals surface area contributed by atoms with E-state index in [0.717, 1.165) is 6.07 Å². The highest BCUT2D eigenvalue weighted by molar-refractivity contribution is 6.06. The summed E-state index contributed by atoms with van der Waals surface area (Å²) < 4.78 is 29.6. The third kappa shape index (κ3) is 2.90. The topological polar surface area (TPSA) is 111 Å². The number of carbonyl (C=O) groups is 1. The molecule has 1 aromatic carbocycles. The summed E-state index contributed by atoms with van der Waals surface area (Å²) in [6.07, 6.45) is 0.00536. The fourth-order valence-corrected chi connectivity index (χ4v) is 3.93. The highest BCUT2D eigenvalue weighted by atomic mass is 19.2. The number of nitrogens with one attached hydrogen (secondary N) is 1. The second-order valence-corrected chi connectivity index (χ2v) is 8.27. The van der Waals surface area contributed by atoms with Gasteiger partial charge in [0.2, 0.25) is 5.91 Å². The summed E-state index contributed by atoms with van der Waals surface area (Å²) in [6.45, 7) is 5.31. The average Bonchev–Trinajstić information content (AvgIpc) is 3.19. The molecule has 10 heteroatoms. The van der Waals surface area contributed by atoms with E-state index in [2.05, 4.69) is 25.4 Å². The molecule has 4 heterocycles. The van der Waals surface area contributed by atoms with Crippen LogP contribution in [0.15, 0.2) is 30.3 Å². The number of imidazole rings is 1. The van der Waals surface area contributed by atoms with Crippen LogP contribution in [0.25, 0.3) is 17.0 Å². The minimum absolute atomic E-state index is 0.00536. The highest BCUT2D eigenvalue weighted by Gasteiger charge is 2.42. The predicted molar refractivity (Wildman–Crippen MR) is 114 cm³/mol. The van der Waals surface area contributed by atoms with Crippen molar-refractivity contribution >= 4 is 23.1 Å². The average molecular weight is 435 g/mol. The quantitative estimate of drug-likeness (QED) is 0.511. The monoisotopic (exact) mass is 435 g/mol. The molecule has 5 rings (SSSR count). The Kier molecular flexibility index (Phi) is 4.23. The molecule has 0 fully saturated rings. The van der Waals surface area contributed by atoms with Crippen molar-refractivity contribution < 1.29 is 13.6 Å². The maximum absolute atomic E-state index is 14.3. The lowest BCUT2D eigenvalue weighted by Gasteiger charge is -2.15. The van der Waals surface area contributed by atoms with Crippen LogP contribution in [-0.2, 0) is 16.6 Å². The van der Waals surface area contributed by atoms with Crippen LogP contribution in [-0.4, -0.2) is 30.5 Å². The molecule has 0 saturated carbocycles. The Balaban J connectivity index is 1.68. The second kappa shape index (κ2) is 6.78. The third-order valence-corrected chi connectivity index (χ3v) is 5.65. The summed E-state index contributed by atoms with van der Waals surface area (Å²) in [5, 5.41) is 7.23. The zero-order chi connectivity index (χ0) is 22.8. The van der Waals surface area contributed by atoms with Crippen LogP contribution >= 0.6 is 0 Å². The Bertz CT molecular complexity index is 1430. The molecule has 32 heavy (non-hydrogen) atoms. The van der Waals surface area contributed by atoms with Crippen molar-refractivity contribution in [2.24, 2.45) is 0 Å². The van der Waals surface area contributed by atoms with Gasteiger partial charge >= 0.3 is 0 Å². The summed E-state index contributed by atoms with van der Waals surface area (Å²) in [4.78, 5) is 25.8. The number of rotatable bonds is 3. The molecule has 8 nitrogen and oxygen atoms in total. The number of carbonyl (C=O) groups excluding carboxylic acids is 1. The number of nitrogen functional groups attached to an aromatic ring is 1. The van der Waals surface area contributed by atoms with E-state index in [4.69, 9.17) is 5.73 Å². The predicted octanol–water partition coefficient (Wildman–Crippen LogP) is 3.18. The molecule has 4 aromatic rings. The van der Waals surface area contributed by atoms with Crippen molar-refractivity contribution in [2.45, 2.75) is 32.6 Å². The molecular weight excluding hydrogens is 416 g/mol. The molecule has 1 aliphatic rings. The van der Waals surface area contributed by atoms with Gasteiger partial charge < -0.3 is 11.1 Å². The molecule has 162 valence electrons. The molecule has 0 atom stereocenters. The van der Waals surface area contributed by atoms with Crippen LogP contribution in [0.3, 0.4) is 0 Å². The Labute approximate surface area is 181 Å². The molecule has 0 radical (unpaired) electrons. The highest BCUT2D eigenvalue weighted by Crippen LogP contribution is 2.40. The van der Waals surface area contributed by atoms with Crippen LogP contribution in [0.5, 0.6) is 0 Å². The summed E-state index contributed by atoms with van der Waals surface area (Å²) in [6, 6.07) is 7.60. The van der Waals surface area contributed by atoms with Gasteiger partial charge in [0.15, 0.2) is 17.5 Å². The van der Waals surface area contributed by atoms with Crippen LogP contribution in [0.2, 0.25) is 0 Å². The number of nitrogens with two attached hydrogens (primary N) is 1. The van der Waals surface area contributed by atoms with Crippen molar-refractivity contribution in [2.75, 3.05) is 11.1 Å². The largest absolute Gasteiger partial charge is 0.383 e. The van der Waals surface area contributed by atoms with Gasteiger partial charge in [0.25, 0.3) is 0 Å². The fraction of sp³-hybridized carbons (Fsp3) is 0.227. The summed E-state index contributed by atoms with van der Waals surface area (Å²) in [7, 11) is 0. The number of nitrogens with zero attached hydrogens (tertiary/aromatic N) is 5. The molecule has 0 spiro atoms. The number of halogens is 2. The SMILES string of the molecule is Cc1ccc2c(-c3nc(N)c4c(n3)NC(=O)C4(C)C)nc(Cc3cccc(F)c3F)n2n1. The van der Waals surface area contributed by atoms with Crippen molar-refractivity contribution in [3.8, 4) is 11.5 Å². The zero-order valence-corrected chi connectivity index (χ0v) is 17.6. The first-order chi connectivity index (χ1) is 15.2. The first-order valence-electron chi connectivity index (χ1n) is 9.95. The Morgan fingerprint density at radius 3 is 2.69 bits per heavy atom. The fourth-order valence-electron chi connectivity index (χ4n) is 3.93. The van der Waals surface area contributed by atoms with Gasteiger partial charge in [-0.15, -0.1) is 0 Å². The molecule has 1 aliphatic heterocycles. The summed E-state index contributed by atoms with van der Waals surface area (Å²) in [5.41, 5.74) is 7.69. The minimum atomic E-state index is -0.930. The van der Waals surface area contributed by atoms with E-state index >= 15 is 0 Å². The Hall–Kier alpha value is -3.95. The number of aromatic nitrogens is 5. The number of hydrogen-bond acceptors (Lipinski definition) is 6. The lowest BCUT2D eigenvalue weighted by molar-refractivity contribution is -0.119. The van der Waals surface area contributed by atoms with E-state index in [9.17, 15) is 13.6 Å². The smallest absolute Gasteiger partial charge is 0.235 e. The van der Waals surface area contributed by atoms with E-state index in [1.807, 2.05) is 6.92 Å². The van der Waals surface area contributed by atoms with Crippen molar-refractivity contribution in [3.63, 3.8) is 0 Å². The Morgan fingerprint density at radius 2 is 1.91 bits per heavy atom. The van der Waals surface area contributed by atoms with Crippen molar-refractivity contribution in [3.05, 3.63) is 64.6 Å². The van der Waals surface area contributed by atoms with E-state index in [1.54, 1.807) is 30.5 Å². The lowest BCUT2D eigenvalue weighted by atomic mass is 9.87. The standard InChI is InChI=1S/C22H19F2N7O/c1-10-7-8-13-17(20-27-18(25)15-19(28-20)29-21(32)22(15,2)3)26-14(31(13)30-10)9-11-5-4-6-12(23)16(11)24/h4-8H,9H2,1-3H3,(H3,25,27,28,29,32). The normalized spacial score (nSPS) is 14.6. The first-order valence-corrected chi connectivity index (χ1v) is 9.95. The van der Waals surface area contributed by atoms with Gasteiger partial charge in [-0.1, -0.05) is 12.1 Å². The van der Waals surface area contributed by atoms with Crippen LogP contribution < -0.4 is 11.1 Å². The van der Waals surface area contributed by atoms with E-state index < -0.39 is 17.0 Å². The molecule has 1 amide bonds. The minimum Gasteiger partial charge on any atom is -0.383 e. The third-order valence-electron chi connectivity index (χ3n) is 5.65. The number of fused-ring (bicyclic) bond motifs is 2. The Morgan fingerprint density at radius 1 is 1.12 bits per heavy atom. The van der Waals surface area contributed by atoms with E-state index in [-0.39, 0.29) is 29.5 Å². The lowest BCUT2D eigenvalue weighted by Crippen LogP contribution is -2.27. The van der Waals surface area contributed by atoms with Gasteiger partial charge in [0.1, 0.15) is 23.2 Å². The summed E-state index contributed by atoms with van der Waals surface area (Å²) in [5.74, 6) is -0.987. The van der Waals surface area contributed by atoms with Gasteiger partial charge in [-0.25, -0.2) is 28.2 Å². The molecule has 0 saturated heterocycles. The maximum atomic E-state index is 14.3. The van der Waals surface area contributed by atoms with Gasteiger partial charge in [-0.05, 0) is 44.5 Å². The molecule has 0 unspecified atom stereocenters. The van der Waals surface area contributed by atoms with E-state index in [1.165, 1.54) is 12.1 Å². The van der Waals surface area contributed by atoms with Crippen LogP contribution in [0.4, 0.5) is 20.4 Å². The maximum Gasteiger partial charge on any atom is 0.235 e. The molecule has 0 aliphatic carbocycles. The van der Waals surface area contributed by atoms with Gasteiger partial charge in [-0.3, -0.25) is 4.79 Å². The molecule has 3 aromatic heterocycles. The second-order valence-electron chi connectivity index (χ2n) is 8.27. The van der Waals surface area contributed by atoms with Gasteiger partial charge in [0, 0.05) is 6.42 Å². The van der Waals surface area contributed by atoms with Gasteiger partial charge in [-0.2, -0.15) is 5.10 Å². The number of benzene rings is 1. The molecule has 3 N–H and O–H groups in total. The van der Waals surface area contributed by atoms with E-state index in [0.29, 0.717) is 34.1 Å².